The second-order valence-electron chi connectivity index (χ2n) is 5.20. The maximum Gasteiger partial charge on any atom is 0.344 e. The summed E-state index contributed by atoms with van der Waals surface area (Å²) in [7, 11) is -0.173. The minimum atomic E-state index is -2.14. The van der Waals surface area contributed by atoms with E-state index in [1.165, 1.54) is 6.42 Å². The highest BCUT2D eigenvalue weighted by molar-refractivity contribution is 6.88. The van der Waals surface area contributed by atoms with E-state index < -0.39 is 16.9 Å². The van der Waals surface area contributed by atoms with Crippen molar-refractivity contribution in [3.05, 3.63) is 12.2 Å². The summed E-state index contributed by atoms with van der Waals surface area (Å²) in [6.07, 6.45) is 6.89. The van der Waals surface area contributed by atoms with Crippen LogP contribution in [-0.2, 0) is 13.3 Å². The predicted octanol–water partition coefficient (Wildman–Crippen LogP) is 3.22. The van der Waals surface area contributed by atoms with Crippen molar-refractivity contribution in [2.24, 2.45) is 0 Å². The number of hydrogen-bond donors (Lipinski definition) is 0. The Morgan fingerprint density at radius 3 is 2.35 bits per heavy atom. The van der Waals surface area contributed by atoms with Crippen LogP contribution in [0.2, 0.25) is 24.3 Å². The van der Waals surface area contributed by atoms with Crippen LogP contribution in [0.1, 0.15) is 19.8 Å². The molecule has 100 valence electrons. The van der Waals surface area contributed by atoms with Crippen LogP contribution in [0.3, 0.4) is 0 Å². The van der Waals surface area contributed by atoms with Crippen molar-refractivity contribution in [2.45, 2.75) is 44.1 Å². The van der Waals surface area contributed by atoms with Crippen LogP contribution in [0, 0.1) is 0 Å². The molecule has 2 unspecified atom stereocenters. The minimum absolute atomic E-state index is 0.495. The Kier molecular flexibility index (Phi) is 5.59. The number of rotatable bonds is 7. The zero-order chi connectivity index (χ0) is 12.9. The number of allylic oxidation sites excluding steroid dienone is 2. The fraction of sp³-hybridized carbons (Fsp3) is 0.833. The van der Waals surface area contributed by atoms with Gasteiger partial charge in [0.2, 0.25) is 0 Å². The molecule has 0 aromatic carbocycles. The monoisotopic (exact) mass is 274 g/mol. The van der Waals surface area contributed by atoms with Gasteiger partial charge < -0.3 is 13.3 Å². The highest BCUT2D eigenvalue weighted by atomic mass is 28.4. The first-order valence-corrected chi connectivity index (χ1v) is 11.6. The molecule has 0 amide bonds. The first-order chi connectivity index (χ1) is 7.99. The van der Waals surface area contributed by atoms with Crippen LogP contribution in [0.4, 0.5) is 0 Å². The Morgan fingerprint density at radius 1 is 1.24 bits per heavy atom. The fourth-order valence-electron chi connectivity index (χ4n) is 2.48. The van der Waals surface area contributed by atoms with Crippen LogP contribution < -0.4 is 0 Å². The molecular formula is C12H26O3Si2. The maximum absolute atomic E-state index is 6.12. The predicted molar refractivity (Wildman–Crippen MR) is 75.8 cm³/mol. The Balaban J connectivity index is 2.87. The van der Waals surface area contributed by atoms with E-state index in [1.54, 1.807) is 0 Å². The molecule has 0 bridgehead atoms. The smallest absolute Gasteiger partial charge is 0.344 e. The summed E-state index contributed by atoms with van der Waals surface area (Å²) in [6.45, 7) is 7.27. The second kappa shape index (κ2) is 6.29. The lowest BCUT2D eigenvalue weighted by atomic mass is 10.4. The average molecular weight is 275 g/mol. The first kappa shape index (κ1) is 15.1. The topological polar surface area (TPSA) is 27.7 Å². The third-order valence-electron chi connectivity index (χ3n) is 3.54. The lowest BCUT2D eigenvalue weighted by molar-refractivity contribution is 0.203. The van der Waals surface area contributed by atoms with Gasteiger partial charge in [0.05, 0.1) is 0 Å². The zero-order valence-electron chi connectivity index (χ0n) is 11.8. The molecule has 0 spiro atoms. The van der Waals surface area contributed by atoms with Gasteiger partial charge >= 0.3 is 8.56 Å². The molecule has 0 aromatic rings. The Labute approximate surface area is 108 Å². The molecule has 1 aliphatic rings. The Bertz CT molecular complexity index is 268. The van der Waals surface area contributed by atoms with E-state index in [2.05, 4.69) is 32.2 Å². The van der Waals surface area contributed by atoms with Gasteiger partial charge in [0.15, 0.2) is 8.32 Å². The van der Waals surface area contributed by atoms with Gasteiger partial charge in [-0.3, -0.25) is 0 Å². The van der Waals surface area contributed by atoms with Crippen LogP contribution in [-0.4, -0.2) is 37.7 Å². The van der Waals surface area contributed by atoms with E-state index in [4.69, 9.17) is 13.3 Å². The molecule has 1 rings (SSSR count). The molecule has 3 nitrogen and oxygen atoms in total. The average Bonchev–Trinajstić information content (AvgIpc) is 2.82. The standard InChI is InChI=1S/C12H26O3Si2/c1-6-15-17(14-3,11-16(4,5)13-2)12-9-7-8-10-12/h7,9,12H,6,8,10-11H2,1-5H3. The molecule has 0 fully saturated rings. The third-order valence-corrected chi connectivity index (χ3v) is 13.1. The largest absolute Gasteiger partial charge is 0.421 e. The van der Waals surface area contributed by atoms with Crippen molar-refractivity contribution in [3.63, 3.8) is 0 Å². The molecule has 5 heteroatoms. The van der Waals surface area contributed by atoms with Crippen LogP contribution in [0.15, 0.2) is 12.2 Å². The van der Waals surface area contributed by atoms with Crippen LogP contribution >= 0.6 is 0 Å². The molecule has 0 heterocycles. The molecule has 2 atom stereocenters. The molecule has 0 N–H and O–H groups in total. The zero-order valence-corrected chi connectivity index (χ0v) is 13.8. The van der Waals surface area contributed by atoms with Crippen molar-refractivity contribution in [1.82, 2.24) is 0 Å². The normalized spacial score (nSPS) is 23.9. The molecule has 0 aliphatic heterocycles. The minimum Gasteiger partial charge on any atom is -0.421 e. The Morgan fingerprint density at radius 2 is 1.94 bits per heavy atom. The van der Waals surface area contributed by atoms with Gasteiger partial charge in [-0.05, 0) is 32.9 Å². The van der Waals surface area contributed by atoms with Gasteiger partial charge in [0.25, 0.3) is 0 Å². The quantitative estimate of drug-likeness (QED) is 0.527. The van der Waals surface area contributed by atoms with Gasteiger partial charge in [0.1, 0.15) is 0 Å². The molecular weight excluding hydrogens is 248 g/mol. The summed E-state index contributed by atoms with van der Waals surface area (Å²) in [4.78, 5) is 0. The SMILES string of the molecule is CCO[Si](C[Si](C)(C)OC)(OC)C1C=CCC1. The van der Waals surface area contributed by atoms with Crippen molar-refractivity contribution in [3.8, 4) is 0 Å². The summed E-state index contributed by atoms with van der Waals surface area (Å²) in [5.74, 6) is 0. The van der Waals surface area contributed by atoms with Gasteiger partial charge in [-0.2, -0.15) is 0 Å². The van der Waals surface area contributed by atoms with E-state index in [0.717, 1.165) is 18.7 Å². The fourth-order valence-corrected chi connectivity index (χ4v) is 12.0. The highest BCUT2D eigenvalue weighted by Gasteiger charge is 2.49. The third kappa shape index (κ3) is 3.76. The summed E-state index contributed by atoms with van der Waals surface area (Å²) in [5, 5.41) is 0. The van der Waals surface area contributed by atoms with Gasteiger partial charge in [-0.25, -0.2) is 0 Å². The number of hydrogen-bond acceptors (Lipinski definition) is 3. The lowest BCUT2D eigenvalue weighted by Gasteiger charge is -2.37. The van der Waals surface area contributed by atoms with E-state index in [0.29, 0.717) is 5.54 Å². The molecule has 0 saturated carbocycles. The van der Waals surface area contributed by atoms with Gasteiger partial charge in [-0.15, -0.1) is 0 Å². The van der Waals surface area contributed by atoms with Crippen molar-refractivity contribution >= 4 is 16.9 Å². The van der Waals surface area contributed by atoms with Crippen LogP contribution in [0.25, 0.3) is 0 Å². The van der Waals surface area contributed by atoms with E-state index >= 15 is 0 Å². The molecule has 0 radical (unpaired) electrons. The molecule has 17 heavy (non-hydrogen) atoms. The summed E-state index contributed by atoms with van der Waals surface area (Å²) in [6, 6.07) is 0. The van der Waals surface area contributed by atoms with Crippen LogP contribution in [0.5, 0.6) is 0 Å². The van der Waals surface area contributed by atoms with Gasteiger partial charge in [-0.1, -0.05) is 12.2 Å². The lowest BCUT2D eigenvalue weighted by Crippen LogP contribution is -2.52. The first-order valence-electron chi connectivity index (χ1n) is 6.40. The van der Waals surface area contributed by atoms with E-state index in [9.17, 15) is 0 Å². The highest BCUT2D eigenvalue weighted by Crippen LogP contribution is 2.39. The summed E-state index contributed by atoms with van der Waals surface area (Å²) < 4.78 is 17.7. The summed E-state index contributed by atoms with van der Waals surface area (Å²) in [5.41, 5.74) is 1.50. The van der Waals surface area contributed by atoms with E-state index in [-0.39, 0.29) is 0 Å². The van der Waals surface area contributed by atoms with Gasteiger partial charge in [0, 0.05) is 32.0 Å². The van der Waals surface area contributed by atoms with Crippen molar-refractivity contribution in [2.75, 3.05) is 20.8 Å². The molecule has 0 saturated heterocycles. The molecule has 0 aromatic heterocycles. The van der Waals surface area contributed by atoms with Crippen molar-refractivity contribution < 1.29 is 13.3 Å². The Hall–Kier alpha value is 0.0538. The maximum atomic E-state index is 6.12. The second-order valence-corrected chi connectivity index (χ2v) is 13.6. The molecule has 1 aliphatic carbocycles. The summed E-state index contributed by atoms with van der Waals surface area (Å²) >= 11 is 0. The van der Waals surface area contributed by atoms with E-state index in [1.807, 2.05) is 14.2 Å². The van der Waals surface area contributed by atoms with Crippen molar-refractivity contribution in [1.29, 1.82) is 0 Å².